The number of anilines is 1. The van der Waals surface area contributed by atoms with E-state index in [0.29, 0.717) is 0 Å². The molecule has 0 aliphatic rings. The molecule has 0 saturated heterocycles. The summed E-state index contributed by atoms with van der Waals surface area (Å²) in [6.07, 6.45) is 1.01. The maximum atomic E-state index is 3.15. The molecule has 0 heterocycles. The van der Waals surface area contributed by atoms with E-state index in [9.17, 15) is 0 Å². The molecule has 0 bridgehead atoms. The highest BCUT2D eigenvalue weighted by molar-refractivity contribution is 5.46. The van der Waals surface area contributed by atoms with Crippen molar-refractivity contribution in [3.63, 3.8) is 0 Å². The fourth-order valence-electron chi connectivity index (χ4n) is 2.21. The van der Waals surface area contributed by atoms with Crippen molar-refractivity contribution in [3.8, 4) is 0 Å². The van der Waals surface area contributed by atoms with Crippen LogP contribution in [0.4, 0.5) is 5.69 Å². The molecule has 94 valence electrons. The molecule has 2 aromatic carbocycles. The number of rotatable bonds is 3. The van der Waals surface area contributed by atoms with Crippen LogP contribution < -0.4 is 5.32 Å². The Labute approximate surface area is 110 Å². The van der Waals surface area contributed by atoms with Gasteiger partial charge in [0.15, 0.2) is 0 Å². The molecule has 0 radical (unpaired) electrons. The monoisotopic (exact) mass is 239 g/mol. The van der Waals surface area contributed by atoms with Crippen molar-refractivity contribution in [2.75, 3.05) is 12.4 Å². The Morgan fingerprint density at radius 3 is 2.11 bits per heavy atom. The lowest BCUT2D eigenvalue weighted by Gasteiger charge is -2.11. The number of benzene rings is 2. The average molecular weight is 239 g/mol. The maximum Gasteiger partial charge on any atom is 0.0337 e. The summed E-state index contributed by atoms with van der Waals surface area (Å²) >= 11 is 0. The Bertz CT molecular complexity index is 538. The molecule has 0 aromatic heterocycles. The summed E-state index contributed by atoms with van der Waals surface area (Å²) in [6.45, 7) is 6.60. The predicted octanol–water partition coefficient (Wildman–Crippen LogP) is 4.24. The van der Waals surface area contributed by atoms with Gasteiger partial charge in [-0.05, 0) is 67.1 Å². The zero-order chi connectivity index (χ0) is 13.1. The lowest BCUT2D eigenvalue weighted by molar-refractivity contribution is 1.12. The molecule has 0 saturated carbocycles. The summed E-state index contributed by atoms with van der Waals surface area (Å²) in [5.41, 5.74) is 8.17. The van der Waals surface area contributed by atoms with E-state index in [4.69, 9.17) is 0 Å². The summed E-state index contributed by atoms with van der Waals surface area (Å²) in [7, 11) is 1.95. The Balaban J connectivity index is 2.25. The number of nitrogens with one attached hydrogen (secondary N) is 1. The number of hydrogen-bond acceptors (Lipinski definition) is 1. The van der Waals surface area contributed by atoms with Crippen LogP contribution in [-0.2, 0) is 6.42 Å². The van der Waals surface area contributed by atoms with Gasteiger partial charge in [0, 0.05) is 12.7 Å². The average Bonchev–Trinajstić information content (AvgIpc) is 2.40. The van der Waals surface area contributed by atoms with Gasteiger partial charge in [0.25, 0.3) is 0 Å². The van der Waals surface area contributed by atoms with Crippen LogP contribution in [0.5, 0.6) is 0 Å². The molecule has 0 fully saturated rings. The van der Waals surface area contributed by atoms with Gasteiger partial charge in [-0.15, -0.1) is 0 Å². The Kier molecular flexibility index (Phi) is 3.71. The summed E-state index contributed by atoms with van der Waals surface area (Å²) in [6, 6.07) is 13.1. The van der Waals surface area contributed by atoms with Crippen molar-refractivity contribution < 1.29 is 0 Å². The van der Waals surface area contributed by atoms with Crippen LogP contribution in [-0.4, -0.2) is 7.05 Å². The molecule has 0 unspecified atom stereocenters. The molecule has 0 aliphatic heterocycles. The second-order valence-electron chi connectivity index (χ2n) is 4.92. The topological polar surface area (TPSA) is 12.0 Å². The third kappa shape index (κ3) is 2.56. The predicted molar refractivity (Wildman–Crippen MR) is 79.4 cm³/mol. The van der Waals surface area contributed by atoms with Gasteiger partial charge in [0.05, 0.1) is 0 Å². The first-order valence-corrected chi connectivity index (χ1v) is 6.44. The van der Waals surface area contributed by atoms with E-state index in [0.717, 1.165) is 12.1 Å². The zero-order valence-corrected chi connectivity index (χ0v) is 11.7. The third-order valence-corrected chi connectivity index (χ3v) is 3.81. The van der Waals surface area contributed by atoms with E-state index < -0.39 is 0 Å². The molecular formula is C17H21N. The van der Waals surface area contributed by atoms with Crippen molar-refractivity contribution in [1.29, 1.82) is 0 Å². The van der Waals surface area contributed by atoms with Crippen molar-refractivity contribution in [2.24, 2.45) is 0 Å². The van der Waals surface area contributed by atoms with E-state index >= 15 is 0 Å². The molecule has 1 heteroatoms. The van der Waals surface area contributed by atoms with Gasteiger partial charge in [-0.3, -0.25) is 0 Å². The van der Waals surface area contributed by atoms with Gasteiger partial charge in [-0.25, -0.2) is 0 Å². The minimum absolute atomic E-state index is 1.01. The molecule has 2 aromatic rings. The number of aryl methyl sites for hydroxylation is 1. The fraction of sp³-hybridized carbons (Fsp3) is 0.294. The van der Waals surface area contributed by atoms with Crippen LogP contribution in [0.1, 0.15) is 27.8 Å². The van der Waals surface area contributed by atoms with Crippen molar-refractivity contribution in [3.05, 3.63) is 64.2 Å². The molecule has 0 amide bonds. The highest BCUT2D eigenvalue weighted by atomic mass is 14.8. The van der Waals surface area contributed by atoms with Gasteiger partial charge in [0.2, 0.25) is 0 Å². The molecule has 0 atom stereocenters. The molecule has 1 N–H and O–H groups in total. The summed E-state index contributed by atoms with van der Waals surface area (Å²) in [5.74, 6) is 0. The molecule has 0 spiro atoms. The summed E-state index contributed by atoms with van der Waals surface area (Å²) < 4.78 is 0. The van der Waals surface area contributed by atoms with Crippen LogP contribution >= 0.6 is 0 Å². The van der Waals surface area contributed by atoms with Crippen molar-refractivity contribution in [2.45, 2.75) is 27.2 Å². The smallest absolute Gasteiger partial charge is 0.0337 e. The van der Waals surface area contributed by atoms with Gasteiger partial charge in [-0.2, -0.15) is 0 Å². The highest BCUT2D eigenvalue weighted by Gasteiger charge is 2.04. The summed E-state index contributed by atoms with van der Waals surface area (Å²) in [4.78, 5) is 0. The Hall–Kier alpha value is -1.76. The first-order valence-electron chi connectivity index (χ1n) is 6.44. The van der Waals surface area contributed by atoms with Crippen molar-refractivity contribution >= 4 is 5.69 Å². The van der Waals surface area contributed by atoms with Crippen LogP contribution in [0.25, 0.3) is 0 Å². The first-order chi connectivity index (χ1) is 8.61. The zero-order valence-electron chi connectivity index (χ0n) is 11.7. The SMILES string of the molecule is CNc1ccc(Cc2ccc(C)c(C)c2C)cc1. The van der Waals surface area contributed by atoms with Crippen LogP contribution in [0, 0.1) is 20.8 Å². The Morgan fingerprint density at radius 2 is 1.50 bits per heavy atom. The molecule has 1 nitrogen and oxygen atoms in total. The second-order valence-corrected chi connectivity index (χ2v) is 4.92. The minimum Gasteiger partial charge on any atom is -0.388 e. The van der Waals surface area contributed by atoms with Crippen molar-refractivity contribution in [1.82, 2.24) is 0 Å². The first kappa shape index (κ1) is 12.7. The second kappa shape index (κ2) is 5.26. The van der Waals surface area contributed by atoms with Gasteiger partial charge < -0.3 is 5.32 Å². The van der Waals surface area contributed by atoms with Crippen LogP contribution in [0.2, 0.25) is 0 Å². The third-order valence-electron chi connectivity index (χ3n) is 3.81. The molecule has 2 rings (SSSR count). The standard InChI is InChI=1S/C17H21N/c1-12-5-8-16(14(3)13(12)2)11-15-6-9-17(18-4)10-7-15/h5-10,18H,11H2,1-4H3. The van der Waals surface area contributed by atoms with Gasteiger partial charge in [0.1, 0.15) is 0 Å². The molecular weight excluding hydrogens is 218 g/mol. The van der Waals surface area contributed by atoms with Gasteiger partial charge in [-0.1, -0.05) is 24.3 Å². The minimum atomic E-state index is 1.01. The maximum absolute atomic E-state index is 3.15. The van der Waals surface area contributed by atoms with Crippen LogP contribution in [0.15, 0.2) is 36.4 Å². The van der Waals surface area contributed by atoms with E-state index in [1.807, 2.05) is 7.05 Å². The summed E-state index contributed by atoms with van der Waals surface area (Å²) in [5, 5.41) is 3.15. The fourth-order valence-corrected chi connectivity index (χ4v) is 2.21. The lowest BCUT2D eigenvalue weighted by atomic mass is 9.94. The van der Waals surface area contributed by atoms with E-state index in [1.165, 1.54) is 27.8 Å². The van der Waals surface area contributed by atoms with E-state index in [-0.39, 0.29) is 0 Å². The van der Waals surface area contributed by atoms with Gasteiger partial charge >= 0.3 is 0 Å². The lowest BCUT2D eigenvalue weighted by Crippen LogP contribution is -1.96. The molecule has 18 heavy (non-hydrogen) atoms. The van der Waals surface area contributed by atoms with Crippen LogP contribution in [0.3, 0.4) is 0 Å². The molecule has 0 aliphatic carbocycles. The van der Waals surface area contributed by atoms with E-state index in [1.54, 1.807) is 0 Å². The Morgan fingerprint density at radius 1 is 0.833 bits per heavy atom. The normalized spacial score (nSPS) is 10.4. The largest absolute Gasteiger partial charge is 0.388 e. The van der Waals surface area contributed by atoms with E-state index in [2.05, 4.69) is 62.5 Å². The number of hydrogen-bond donors (Lipinski definition) is 1. The highest BCUT2D eigenvalue weighted by Crippen LogP contribution is 2.20. The quantitative estimate of drug-likeness (QED) is 0.844.